The number of hydrogen-bond donors (Lipinski definition) is 1. The zero-order valence-electron chi connectivity index (χ0n) is 14.1. The fraction of sp³-hybridized carbons (Fsp3) is 0.933. The van der Waals surface area contributed by atoms with Crippen LogP contribution >= 0.6 is 0 Å². The molecular formula is C15H28F3N3O. The van der Waals surface area contributed by atoms with Crippen LogP contribution in [0.15, 0.2) is 0 Å². The monoisotopic (exact) mass is 323 g/mol. The predicted octanol–water partition coefficient (Wildman–Crippen LogP) is 2.25. The first-order valence-corrected chi connectivity index (χ1v) is 7.85. The maximum Gasteiger partial charge on any atom is 0.403 e. The Morgan fingerprint density at radius 3 is 1.95 bits per heavy atom. The lowest BCUT2D eigenvalue weighted by Gasteiger charge is -2.41. The van der Waals surface area contributed by atoms with Crippen LogP contribution in [0, 0.1) is 0 Å². The number of alkyl halides is 3. The number of halogens is 3. The van der Waals surface area contributed by atoms with Gasteiger partial charge in [0, 0.05) is 31.7 Å². The maximum absolute atomic E-state index is 12.7. The Morgan fingerprint density at radius 2 is 1.55 bits per heavy atom. The molecule has 2 atom stereocenters. The summed E-state index contributed by atoms with van der Waals surface area (Å²) in [5.74, 6) is -0.0656. The van der Waals surface area contributed by atoms with Gasteiger partial charge in [0.2, 0.25) is 5.91 Å². The lowest BCUT2D eigenvalue weighted by atomic mass is 10.0. The van der Waals surface area contributed by atoms with E-state index in [0.29, 0.717) is 26.2 Å². The van der Waals surface area contributed by atoms with Gasteiger partial charge in [-0.05, 0) is 34.1 Å². The molecule has 22 heavy (non-hydrogen) atoms. The molecule has 0 aliphatic carbocycles. The Morgan fingerprint density at radius 1 is 1.09 bits per heavy atom. The summed E-state index contributed by atoms with van der Waals surface area (Å²) in [7, 11) is 0. The molecule has 1 heterocycles. The standard InChI is InChI=1S/C15H28F3N3O/c1-6-14(4,5)19-13(22)11(2)20-7-9-21(10-8-20)12(3)15(16,17)18/h11-12H,6-10H2,1-5H3,(H,19,22)/t11-,12+/m0/s1. The van der Waals surface area contributed by atoms with Crippen LogP contribution in [0.25, 0.3) is 0 Å². The van der Waals surface area contributed by atoms with E-state index in [4.69, 9.17) is 0 Å². The van der Waals surface area contributed by atoms with E-state index in [9.17, 15) is 18.0 Å². The number of carbonyl (C=O) groups excluding carboxylic acids is 1. The highest BCUT2D eigenvalue weighted by Crippen LogP contribution is 2.25. The van der Waals surface area contributed by atoms with Gasteiger partial charge in [-0.1, -0.05) is 6.92 Å². The third-order valence-electron chi connectivity index (χ3n) is 4.64. The summed E-state index contributed by atoms with van der Waals surface area (Å²) in [6, 6.07) is -1.76. The minimum absolute atomic E-state index is 0.0656. The van der Waals surface area contributed by atoms with Gasteiger partial charge in [-0.15, -0.1) is 0 Å². The molecule has 0 aromatic heterocycles. The van der Waals surface area contributed by atoms with Gasteiger partial charge in [0.1, 0.15) is 6.04 Å². The zero-order valence-corrected chi connectivity index (χ0v) is 14.1. The number of nitrogens with one attached hydrogen (secondary N) is 1. The largest absolute Gasteiger partial charge is 0.403 e. The summed E-state index contributed by atoms with van der Waals surface area (Å²) in [5, 5.41) is 2.99. The van der Waals surface area contributed by atoms with Crippen molar-refractivity contribution in [1.82, 2.24) is 15.1 Å². The number of hydrogen-bond acceptors (Lipinski definition) is 3. The molecule has 130 valence electrons. The minimum atomic E-state index is -4.20. The van der Waals surface area contributed by atoms with Crippen molar-refractivity contribution in [3.05, 3.63) is 0 Å². The van der Waals surface area contributed by atoms with E-state index >= 15 is 0 Å². The quantitative estimate of drug-likeness (QED) is 0.843. The van der Waals surface area contributed by atoms with Crippen LogP contribution in [0.3, 0.4) is 0 Å². The van der Waals surface area contributed by atoms with Crippen molar-refractivity contribution in [2.24, 2.45) is 0 Å². The molecule has 7 heteroatoms. The molecular weight excluding hydrogens is 295 g/mol. The van der Waals surface area contributed by atoms with Crippen LogP contribution in [-0.4, -0.2) is 65.7 Å². The van der Waals surface area contributed by atoms with Crippen LogP contribution in [0.5, 0.6) is 0 Å². The summed E-state index contributed by atoms with van der Waals surface area (Å²) in [6.45, 7) is 10.5. The summed E-state index contributed by atoms with van der Waals surface area (Å²) in [4.78, 5) is 15.6. The minimum Gasteiger partial charge on any atom is -0.350 e. The normalized spacial score (nSPS) is 21.5. The lowest BCUT2D eigenvalue weighted by molar-refractivity contribution is -0.183. The van der Waals surface area contributed by atoms with Gasteiger partial charge in [0.05, 0.1) is 6.04 Å². The number of carbonyl (C=O) groups is 1. The van der Waals surface area contributed by atoms with E-state index in [1.165, 1.54) is 11.8 Å². The highest BCUT2D eigenvalue weighted by Gasteiger charge is 2.41. The highest BCUT2D eigenvalue weighted by molar-refractivity contribution is 5.82. The van der Waals surface area contributed by atoms with Gasteiger partial charge < -0.3 is 5.32 Å². The van der Waals surface area contributed by atoms with E-state index in [1.54, 1.807) is 0 Å². The topological polar surface area (TPSA) is 35.6 Å². The van der Waals surface area contributed by atoms with E-state index < -0.39 is 12.2 Å². The molecule has 0 saturated carbocycles. The van der Waals surface area contributed by atoms with Crippen molar-refractivity contribution in [1.29, 1.82) is 0 Å². The number of piperazine rings is 1. The van der Waals surface area contributed by atoms with Gasteiger partial charge in [0.25, 0.3) is 0 Å². The Kier molecular flexibility index (Phi) is 6.27. The lowest BCUT2D eigenvalue weighted by Crippen LogP contribution is -2.59. The second-order valence-corrected chi connectivity index (χ2v) is 6.69. The summed E-state index contributed by atoms with van der Waals surface area (Å²) >= 11 is 0. The van der Waals surface area contributed by atoms with Crippen molar-refractivity contribution in [2.75, 3.05) is 26.2 Å². The second-order valence-electron chi connectivity index (χ2n) is 6.69. The van der Waals surface area contributed by atoms with Crippen LogP contribution in [0.2, 0.25) is 0 Å². The predicted molar refractivity (Wildman–Crippen MR) is 80.6 cm³/mol. The van der Waals surface area contributed by atoms with Crippen molar-refractivity contribution in [2.45, 2.75) is 64.8 Å². The molecule has 1 aliphatic heterocycles. The van der Waals surface area contributed by atoms with Crippen molar-refractivity contribution < 1.29 is 18.0 Å². The molecule has 0 aromatic rings. The third-order valence-corrected chi connectivity index (χ3v) is 4.64. The molecule has 1 fully saturated rings. The molecule has 0 unspecified atom stereocenters. The molecule has 0 aromatic carbocycles. The van der Waals surface area contributed by atoms with E-state index in [-0.39, 0.29) is 17.5 Å². The SMILES string of the molecule is CCC(C)(C)NC(=O)[C@H](C)N1CCN([C@H](C)C(F)(F)F)CC1. The number of rotatable bonds is 5. The average molecular weight is 323 g/mol. The smallest absolute Gasteiger partial charge is 0.350 e. The van der Waals surface area contributed by atoms with Gasteiger partial charge in [-0.25, -0.2) is 0 Å². The molecule has 0 radical (unpaired) electrons. The van der Waals surface area contributed by atoms with E-state index in [2.05, 4.69) is 5.32 Å². The average Bonchev–Trinajstić information content (AvgIpc) is 2.44. The van der Waals surface area contributed by atoms with E-state index in [0.717, 1.165) is 6.42 Å². The summed E-state index contributed by atoms with van der Waals surface area (Å²) in [6.07, 6.45) is -3.38. The fourth-order valence-electron chi connectivity index (χ4n) is 2.41. The molecule has 0 bridgehead atoms. The van der Waals surface area contributed by atoms with Crippen molar-refractivity contribution in [3.63, 3.8) is 0 Å². The fourth-order valence-corrected chi connectivity index (χ4v) is 2.41. The highest BCUT2D eigenvalue weighted by atomic mass is 19.4. The molecule has 1 amide bonds. The Balaban J connectivity index is 2.52. The molecule has 0 spiro atoms. The van der Waals surface area contributed by atoms with Crippen molar-refractivity contribution >= 4 is 5.91 Å². The third kappa shape index (κ3) is 5.12. The van der Waals surface area contributed by atoms with E-state index in [1.807, 2.05) is 32.6 Å². The molecule has 1 N–H and O–H groups in total. The Labute approximate surface area is 131 Å². The van der Waals surface area contributed by atoms with Crippen LogP contribution in [-0.2, 0) is 4.79 Å². The number of nitrogens with zero attached hydrogens (tertiary/aromatic N) is 2. The first kappa shape index (κ1) is 19.2. The maximum atomic E-state index is 12.7. The van der Waals surface area contributed by atoms with Crippen LogP contribution in [0.1, 0.15) is 41.0 Å². The summed E-state index contributed by atoms with van der Waals surface area (Å²) in [5.41, 5.74) is -0.266. The first-order valence-electron chi connectivity index (χ1n) is 7.85. The molecule has 4 nitrogen and oxygen atoms in total. The van der Waals surface area contributed by atoms with Crippen LogP contribution < -0.4 is 5.32 Å². The second kappa shape index (κ2) is 7.17. The zero-order chi connectivity index (χ0) is 17.1. The van der Waals surface area contributed by atoms with Crippen LogP contribution in [0.4, 0.5) is 13.2 Å². The Hall–Kier alpha value is -0.820. The molecule has 1 rings (SSSR count). The van der Waals surface area contributed by atoms with Gasteiger partial charge in [-0.3, -0.25) is 14.6 Å². The van der Waals surface area contributed by atoms with Gasteiger partial charge >= 0.3 is 6.18 Å². The molecule has 1 aliphatic rings. The summed E-state index contributed by atoms with van der Waals surface area (Å²) < 4.78 is 38.2. The Bertz CT molecular complexity index is 377. The van der Waals surface area contributed by atoms with Gasteiger partial charge in [0.15, 0.2) is 0 Å². The first-order chi connectivity index (χ1) is 9.98. The molecule has 1 saturated heterocycles. The van der Waals surface area contributed by atoms with Crippen molar-refractivity contribution in [3.8, 4) is 0 Å². The van der Waals surface area contributed by atoms with Gasteiger partial charge in [-0.2, -0.15) is 13.2 Å². The number of amides is 1.